The Labute approximate surface area is 133 Å². The molecular weight excluding hydrogens is 300 g/mol. The van der Waals surface area contributed by atoms with E-state index in [1.165, 1.54) is 17.4 Å². The molecule has 22 heavy (non-hydrogen) atoms. The van der Waals surface area contributed by atoms with Gasteiger partial charge < -0.3 is 10.6 Å². The molecule has 0 bridgehead atoms. The number of nitrogens with zero attached hydrogens (tertiary/aromatic N) is 2. The second kappa shape index (κ2) is 7.86. The molecule has 1 aromatic carbocycles. The molecule has 0 unspecified atom stereocenters. The van der Waals surface area contributed by atoms with E-state index >= 15 is 0 Å². The van der Waals surface area contributed by atoms with Gasteiger partial charge in [0.1, 0.15) is 0 Å². The first-order valence-corrected chi connectivity index (χ1v) is 8.15. The van der Waals surface area contributed by atoms with Crippen LogP contribution < -0.4 is 10.6 Å². The van der Waals surface area contributed by atoms with Gasteiger partial charge in [-0.15, -0.1) is 11.3 Å². The van der Waals surface area contributed by atoms with Crippen LogP contribution in [0.5, 0.6) is 0 Å². The van der Waals surface area contributed by atoms with Gasteiger partial charge in [0.15, 0.2) is 5.13 Å². The van der Waals surface area contributed by atoms with Crippen LogP contribution >= 0.6 is 11.3 Å². The number of nitro benzene ring substituents is 1. The lowest BCUT2D eigenvalue weighted by atomic mass is 10.2. The Morgan fingerprint density at radius 2 is 2.18 bits per heavy atom. The van der Waals surface area contributed by atoms with E-state index in [1.807, 2.05) is 12.3 Å². The lowest BCUT2D eigenvalue weighted by Crippen LogP contribution is -2.17. The molecule has 2 N–H and O–H groups in total. The van der Waals surface area contributed by atoms with Gasteiger partial charge in [0.25, 0.3) is 5.69 Å². The number of aromatic nitrogens is 1. The number of non-ortho nitro benzene ring substituents is 1. The highest BCUT2D eigenvalue weighted by atomic mass is 32.1. The van der Waals surface area contributed by atoms with Crippen molar-refractivity contribution in [3.8, 4) is 0 Å². The lowest BCUT2D eigenvalue weighted by Gasteiger charge is -2.06. The zero-order valence-electron chi connectivity index (χ0n) is 12.8. The Kier molecular flexibility index (Phi) is 5.85. The molecule has 7 heteroatoms. The van der Waals surface area contributed by atoms with Crippen LogP contribution in [-0.4, -0.2) is 23.0 Å². The van der Waals surface area contributed by atoms with Crippen molar-refractivity contribution in [2.45, 2.75) is 26.7 Å². The molecule has 0 amide bonds. The van der Waals surface area contributed by atoms with Gasteiger partial charge in [-0.2, -0.15) is 0 Å². The highest BCUT2D eigenvalue weighted by molar-refractivity contribution is 7.13. The predicted molar refractivity (Wildman–Crippen MR) is 90.1 cm³/mol. The van der Waals surface area contributed by atoms with Crippen LogP contribution in [0, 0.1) is 17.0 Å². The molecular formula is C15H20N4O2S. The van der Waals surface area contributed by atoms with Crippen LogP contribution in [0.2, 0.25) is 0 Å². The predicted octanol–water partition coefficient (Wildman–Crippen LogP) is 3.65. The van der Waals surface area contributed by atoms with Crippen LogP contribution in [-0.2, 0) is 6.42 Å². The molecule has 0 aliphatic heterocycles. The molecule has 1 aromatic heterocycles. The van der Waals surface area contributed by atoms with Crippen molar-refractivity contribution in [2.24, 2.45) is 0 Å². The molecule has 2 rings (SSSR count). The molecule has 2 aromatic rings. The van der Waals surface area contributed by atoms with E-state index in [0.29, 0.717) is 0 Å². The van der Waals surface area contributed by atoms with E-state index in [-0.39, 0.29) is 5.69 Å². The van der Waals surface area contributed by atoms with E-state index in [1.54, 1.807) is 12.1 Å². The number of hydrogen-bond donors (Lipinski definition) is 2. The van der Waals surface area contributed by atoms with Crippen LogP contribution in [0.3, 0.4) is 0 Å². The minimum atomic E-state index is -0.392. The molecule has 0 atom stereocenters. The average Bonchev–Trinajstić information content (AvgIpc) is 2.93. The van der Waals surface area contributed by atoms with Crippen molar-refractivity contribution in [1.29, 1.82) is 0 Å². The maximum atomic E-state index is 10.9. The zero-order valence-corrected chi connectivity index (χ0v) is 13.6. The lowest BCUT2D eigenvalue weighted by molar-refractivity contribution is -0.384. The topological polar surface area (TPSA) is 80.1 Å². The number of nitrogens with one attached hydrogen (secondary N) is 2. The minimum absolute atomic E-state index is 0.0774. The fourth-order valence-corrected chi connectivity index (χ4v) is 2.73. The van der Waals surface area contributed by atoms with E-state index < -0.39 is 4.92 Å². The second-order valence-corrected chi connectivity index (χ2v) is 5.88. The van der Waals surface area contributed by atoms with Crippen LogP contribution in [0.4, 0.5) is 16.5 Å². The summed E-state index contributed by atoms with van der Waals surface area (Å²) < 4.78 is 0. The summed E-state index contributed by atoms with van der Waals surface area (Å²) in [6.45, 7) is 5.98. The summed E-state index contributed by atoms with van der Waals surface area (Å²) >= 11 is 1.51. The van der Waals surface area contributed by atoms with E-state index in [4.69, 9.17) is 0 Å². The summed E-state index contributed by atoms with van der Waals surface area (Å²) in [7, 11) is 0. The highest BCUT2D eigenvalue weighted by Gasteiger charge is 2.10. The number of nitro groups is 1. The Bertz CT molecular complexity index is 642. The summed E-state index contributed by atoms with van der Waals surface area (Å²) in [6, 6.07) is 4.79. The average molecular weight is 320 g/mol. The molecule has 0 radical (unpaired) electrons. The summed E-state index contributed by atoms with van der Waals surface area (Å²) in [5.74, 6) is 0. The van der Waals surface area contributed by atoms with Crippen LogP contribution in [0.15, 0.2) is 23.6 Å². The van der Waals surface area contributed by atoms with E-state index in [0.717, 1.165) is 48.0 Å². The smallest absolute Gasteiger partial charge is 0.271 e. The fourth-order valence-electron chi connectivity index (χ4n) is 1.97. The first kappa shape index (κ1) is 16.4. The third kappa shape index (κ3) is 4.51. The minimum Gasteiger partial charge on any atom is -0.331 e. The zero-order chi connectivity index (χ0) is 15.9. The van der Waals surface area contributed by atoms with Gasteiger partial charge in [0.2, 0.25) is 0 Å². The molecule has 0 fully saturated rings. The van der Waals surface area contributed by atoms with Crippen molar-refractivity contribution in [2.75, 3.05) is 18.4 Å². The highest BCUT2D eigenvalue weighted by Crippen LogP contribution is 2.27. The third-order valence-electron chi connectivity index (χ3n) is 3.21. The van der Waals surface area contributed by atoms with Gasteiger partial charge in [-0.05, 0) is 25.5 Å². The van der Waals surface area contributed by atoms with Crippen molar-refractivity contribution in [3.63, 3.8) is 0 Å². The van der Waals surface area contributed by atoms with Gasteiger partial charge in [-0.1, -0.05) is 13.0 Å². The van der Waals surface area contributed by atoms with Crippen molar-refractivity contribution in [1.82, 2.24) is 10.3 Å². The normalized spacial score (nSPS) is 10.6. The van der Waals surface area contributed by atoms with E-state index in [9.17, 15) is 10.1 Å². The SMILES string of the molecule is CCCNCCc1csc(Nc2cc([N+](=O)[O-])ccc2C)n1. The Hall–Kier alpha value is -1.99. The number of thiazole rings is 1. The molecule has 0 saturated carbocycles. The van der Waals surface area contributed by atoms with Gasteiger partial charge >= 0.3 is 0 Å². The van der Waals surface area contributed by atoms with Gasteiger partial charge in [0, 0.05) is 30.5 Å². The second-order valence-electron chi connectivity index (χ2n) is 5.03. The Morgan fingerprint density at radius 3 is 2.91 bits per heavy atom. The number of benzene rings is 1. The third-order valence-corrected chi connectivity index (χ3v) is 4.02. The molecule has 118 valence electrons. The van der Waals surface area contributed by atoms with Crippen LogP contribution in [0.1, 0.15) is 24.6 Å². The monoisotopic (exact) mass is 320 g/mol. The van der Waals surface area contributed by atoms with Crippen molar-refractivity contribution in [3.05, 3.63) is 45.0 Å². The van der Waals surface area contributed by atoms with Gasteiger partial charge in [0.05, 0.1) is 16.3 Å². The Morgan fingerprint density at radius 1 is 1.36 bits per heavy atom. The maximum absolute atomic E-state index is 10.9. The first-order chi connectivity index (χ1) is 10.6. The molecule has 0 aliphatic carbocycles. The van der Waals surface area contributed by atoms with Gasteiger partial charge in [-0.3, -0.25) is 10.1 Å². The standard InChI is InChI=1S/C15H20N4O2S/c1-3-7-16-8-6-12-10-22-15(17-12)18-14-9-13(19(20)21)5-4-11(14)2/h4-5,9-10,16H,3,6-8H2,1-2H3,(H,17,18). The van der Waals surface area contributed by atoms with Gasteiger partial charge in [-0.25, -0.2) is 4.98 Å². The molecule has 0 spiro atoms. The van der Waals surface area contributed by atoms with Crippen molar-refractivity contribution >= 4 is 27.8 Å². The first-order valence-electron chi connectivity index (χ1n) is 7.27. The number of anilines is 2. The Balaban J connectivity index is 2.00. The summed E-state index contributed by atoms with van der Waals surface area (Å²) in [6.07, 6.45) is 2.00. The largest absolute Gasteiger partial charge is 0.331 e. The maximum Gasteiger partial charge on any atom is 0.271 e. The molecule has 0 saturated heterocycles. The quantitative estimate of drug-likeness (QED) is 0.441. The number of rotatable bonds is 8. The summed E-state index contributed by atoms with van der Waals surface area (Å²) in [5, 5.41) is 20.1. The molecule has 6 nitrogen and oxygen atoms in total. The number of hydrogen-bond acceptors (Lipinski definition) is 6. The fraction of sp³-hybridized carbons (Fsp3) is 0.400. The molecule has 1 heterocycles. The van der Waals surface area contributed by atoms with Crippen molar-refractivity contribution < 1.29 is 4.92 Å². The van der Waals surface area contributed by atoms with Crippen LogP contribution in [0.25, 0.3) is 0 Å². The molecule has 0 aliphatic rings. The summed E-state index contributed by atoms with van der Waals surface area (Å²) in [5.41, 5.74) is 2.78. The van der Waals surface area contributed by atoms with E-state index in [2.05, 4.69) is 22.5 Å². The number of aryl methyl sites for hydroxylation is 1. The summed E-state index contributed by atoms with van der Waals surface area (Å²) in [4.78, 5) is 15.0.